The van der Waals surface area contributed by atoms with E-state index in [0.29, 0.717) is 11.1 Å². The number of piperazine rings is 1. The summed E-state index contributed by atoms with van der Waals surface area (Å²) in [5.74, 6) is -1.86. The molecule has 0 unspecified atom stereocenters. The zero-order chi connectivity index (χ0) is 25.5. The molecule has 1 aliphatic rings. The van der Waals surface area contributed by atoms with Crippen molar-refractivity contribution in [3.05, 3.63) is 81.2 Å². The van der Waals surface area contributed by atoms with E-state index in [4.69, 9.17) is 23.2 Å². The Kier molecular flexibility index (Phi) is 7.24. The normalized spacial score (nSPS) is 16.2. The van der Waals surface area contributed by atoms with Crippen LogP contribution in [-0.2, 0) is 20.0 Å². The van der Waals surface area contributed by atoms with E-state index in [9.17, 15) is 25.6 Å². The quantitative estimate of drug-likeness (QED) is 0.494. The first-order valence-electron chi connectivity index (χ1n) is 10.3. The minimum atomic E-state index is -4.02. The number of hydrogen-bond donors (Lipinski definition) is 1. The van der Waals surface area contributed by atoms with E-state index in [-0.39, 0.29) is 47.1 Å². The number of sulfonamides is 2. The van der Waals surface area contributed by atoms with E-state index in [2.05, 4.69) is 9.97 Å². The Hall–Kier alpha value is -2.09. The van der Waals surface area contributed by atoms with Gasteiger partial charge in [-0.05, 0) is 35.4 Å². The Bertz CT molecular complexity index is 1420. The van der Waals surface area contributed by atoms with Crippen molar-refractivity contribution in [2.45, 2.75) is 10.9 Å². The van der Waals surface area contributed by atoms with Gasteiger partial charge in [-0.3, -0.25) is 0 Å². The van der Waals surface area contributed by atoms with Crippen molar-refractivity contribution in [3.8, 4) is 0 Å². The third kappa shape index (κ3) is 5.37. The van der Waals surface area contributed by atoms with Gasteiger partial charge in [-0.1, -0.05) is 35.3 Å². The Morgan fingerprint density at radius 3 is 1.83 bits per heavy atom. The average Bonchev–Trinajstić information content (AvgIpc) is 3.29. The third-order valence-electron chi connectivity index (χ3n) is 5.68. The lowest BCUT2D eigenvalue weighted by Gasteiger charge is -2.32. The van der Waals surface area contributed by atoms with Gasteiger partial charge in [0.1, 0.15) is 17.5 Å². The summed E-state index contributed by atoms with van der Waals surface area (Å²) < 4.78 is 79.8. The highest BCUT2D eigenvalue weighted by atomic mass is 35.5. The van der Waals surface area contributed by atoms with Gasteiger partial charge in [-0.25, -0.2) is 30.6 Å². The molecule has 0 atom stereocenters. The highest BCUT2D eigenvalue weighted by Gasteiger charge is 2.33. The number of aromatic nitrogens is 2. The molecule has 3 aromatic rings. The summed E-state index contributed by atoms with van der Waals surface area (Å²) >= 11 is 11.9. The average molecular weight is 565 g/mol. The van der Waals surface area contributed by atoms with E-state index in [1.54, 1.807) is 0 Å². The minimum Gasteiger partial charge on any atom is -0.331 e. The summed E-state index contributed by atoms with van der Waals surface area (Å²) in [6.07, 6.45) is 2.22. The van der Waals surface area contributed by atoms with Crippen molar-refractivity contribution in [2.75, 3.05) is 32.4 Å². The summed E-state index contributed by atoms with van der Waals surface area (Å²) in [5.41, 5.74) is 0.943. The van der Waals surface area contributed by atoms with Gasteiger partial charge in [-0.2, -0.15) is 8.61 Å². The smallest absolute Gasteiger partial charge is 0.260 e. The van der Waals surface area contributed by atoms with Gasteiger partial charge in [0.15, 0.2) is 5.03 Å². The van der Waals surface area contributed by atoms with Crippen LogP contribution in [0.15, 0.2) is 47.6 Å². The number of rotatable bonds is 6. The van der Waals surface area contributed by atoms with Crippen LogP contribution in [0.3, 0.4) is 0 Å². The molecule has 188 valence electrons. The van der Waals surface area contributed by atoms with Crippen LogP contribution in [0.5, 0.6) is 0 Å². The van der Waals surface area contributed by atoms with Gasteiger partial charge in [-0.15, -0.1) is 0 Å². The monoisotopic (exact) mass is 564 g/mol. The van der Waals surface area contributed by atoms with Gasteiger partial charge in [0.2, 0.25) is 10.0 Å². The first-order valence-corrected chi connectivity index (χ1v) is 14.3. The Balaban J connectivity index is 1.70. The summed E-state index contributed by atoms with van der Waals surface area (Å²) in [6.45, 7) is 0.0241. The molecule has 0 bridgehead atoms. The fourth-order valence-electron chi connectivity index (χ4n) is 3.87. The molecule has 0 radical (unpaired) electrons. The SMILES string of the molecule is CS(=O)(=O)N1CCN(S(=O)(=O)c2cnc(C(c3ccc(F)c(Cl)c3)c3ccc(F)c(Cl)c3)[nH]2)CC1. The van der Waals surface area contributed by atoms with Crippen molar-refractivity contribution in [1.82, 2.24) is 18.6 Å². The number of imidazole rings is 1. The van der Waals surface area contributed by atoms with Crippen molar-refractivity contribution < 1.29 is 25.6 Å². The Morgan fingerprint density at radius 1 is 0.886 bits per heavy atom. The molecule has 0 spiro atoms. The van der Waals surface area contributed by atoms with Gasteiger partial charge < -0.3 is 4.98 Å². The lowest BCUT2D eigenvalue weighted by molar-refractivity contribution is 0.273. The second-order valence-electron chi connectivity index (χ2n) is 7.98. The van der Waals surface area contributed by atoms with Crippen LogP contribution in [0.1, 0.15) is 22.9 Å². The van der Waals surface area contributed by atoms with Crippen LogP contribution >= 0.6 is 23.2 Å². The molecule has 1 aliphatic heterocycles. The second-order valence-corrected chi connectivity index (χ2v) is 12.7. The predicted octanol–water partition coefficient (Wildman–Crippen LogP) is 3.44. The van der Waals surface area contributed by atoms with Crippen LogP contribution in [0.2, 0.25) is 10.0 Å². The van der Waals surface area contributed by atoms with Gasteiger partial charge in [0.25, 0.3) is 10.0 Å². The molecule has 35 heavy (non-hydrogen) atoms. The molecular formula is C21H20Cl2F2N4O4S2. The highest BCUT2D eigenvalue weighted by Crippen LogP contribution is 2.34. The molecule has 14 heteroatoms. The number of halogens is 4. The minimum absolute atomic E-state index is 0.0195. The number of nitrogens with one attached hydrogen (secondary N) is 1. The fourth-order valence-corrected chi connectivity index (χ4v) is 6.42. The number of benzene rings is 2. The number of aromatic amines is 1. The lowest BCUT2D eigenvalue weighted by Crippen LogP contribution is -2.50. The first kappa shape index (κ1) is 26.0. The van der Waals surface area contributed by atoms with Crippen LogP contribution in [0, 0.1) is 11.6 Å². The van der Waals surface area contributed by atoms with E-state index < -0.39 is 37.6 Å². The summed E-state index contributed by atoms with van der Waals surface area (Å²) in [7, 11) is -7.44. The first-order chi connectivity index (χ1) is 16.4. The predicted molar refractivity (Wildman–Crippen MR) is 128 cm³/mol. The maximum Gasteiger partial charge on any atom is 0.260 e. The number of H-pyrrole nitrogens is 1. The zero-order valence-electron chi connectivity index (χ0n) is 18.3. The van der Waals surface area contributed by atoms with Crippen molar-refractivity contribution in [3.63, 3.8) is 0 Å². The molecule has 1 saturated heterocycles. The van der Waals surface area contributed by atoms with E-state index in [1.165, 1.54) is 32.9 Å². The molecule has 8 nitrogen and oxygen atoms in total. The molecule has 1 N–H and O–H groups in total. The van der Waals surface area contributed by atoms with Gasteiger partial charge >= 0.3 is 0 Å². The van der Waals surface area contributed by atoms with E-state index in [0.717, 1.165) is 24.6 Å². The highest BCUT2D eigenvalue weighted by molar-refractivity contribution is 7.89. The molecule has 2 heterocycles. The van der Waals surface area contributed by atoms with Crippen LogP contribution in [0.25, 0.3) is 0 Å². The number of hydrogen-bond acceptors (Lipinski definition) is 5. The third-order valence-corrected chi connectivity index (χ3v) is 9.37. The molecule has 1 fully saturated rings. The summed E-state index contributed by atoms with van der Waals surface area (Å²) in [6, 6.07) is 8.00. The molecule has 2 aromatic carbocycles. The fraction of sp³-hybridized carbons (Fsp3) is 0.286. The van der Waals surface area contributed by atoms with Crippen LogP contribution in [-0.4, -0.2) is 67.8 Å². The van der Waals surface area contributed by atoms with Gasteiger partial charge in [0, 0.05) is 26.2 Å². The Labute approximate surface area is 211 Å². The molecule has 1 aromatic heterocycles. The van der Waals surface area contributed by atoms with Crippen LogP contribution in [0.4, 0.5) is 8.78 Å². The lowest BCUT2D eigenvalue weighted by atomic mass is 9.90. The maximum atomic E-state index is 13.8. The Morgan fingerprint density at radius 2 is 1.37 bits per heavy atom. The molecule has 0 aliphatic carbocycles. The summed E-state index contributed by atoms with van der Waals surface area (Å²) in [5, 5.41) is -0.501. The van der Waals surface area contributed by atoms with E-state index in [1.807, 2.05) is 0 Å². The molecular weight excluding hydrogens is 545 g/mol. The molecule has 4 rings (SSSR count). The standard InChI is InChI=1S/C21H20Cl2F2N4O4S2/c1-34(30,31)28-6-8-29(9-7-28)35(32,33)19-12-26-21(27-19)20(13-2-4-17(24)15(22)10-13)14-3-5-18(25)16(23)11-14/h2-5,10-12,20H,6-9H2,1H3,(H,26,27). The van der Waals surface area contributed by atoms with Crippen molar-refractivity contribution in [2.24, 2.45) is 0 Å². The summed E-state index contributed by atoms with van der Waals surface area (Å²) in [4.78, 5) is 7.06. The number of nitrogens with zero attached hydrogens (tertiary/aromatic N) is 3. The van der Waals surface area contributed by atoms with Gasteiger partial charge in [0.05, 0.1) is 28.4 Å². The maximum absolute atomic E-state index is 13.8. The zero-order valence-corrected chi connectivity index (χ0v) is 21.4. The van der Waals surface area contributed by atoms with Crippen molar-refractivity contribution in [1.29, 1.82) is 0 Å². The second kappa shape index (κ2) is 9.75. The van der Waals surface area contributed by atoms with E-state index >= 15 is 0 Å². The van der Waals surface area contributed by atoms with Crippen molar-refractivity contribution >= 4 is 43.2 Å². The topological polar surface area (TPSA) is 103 Å². The molecule has 0 saturated carbocycles. The van der Waals surface area contributed by atoms with Crippen LogP contribution < -0.4 is 0 Å². The molecule has 0 amide bonds. The largest absolute Gasteiger partial charge is 0.331 e.